The molecule has 0 aliphatic carbocycles. The molecule has 1 aromatic rings. The lowest BCUT2D eigenvalue weighted by atomic mass is 10.1. The summed E-state index contributed by atoms with van der Waals surface area (Å²) in [6, 6.07) is 1.25. The molecule has 1 heterocycles. The molecule has 2 nitrogen and oxygen atoms in total. The third kappa shape index (κ3) is 1.90. The van der Waals surface area contributed by atoms with Crippen molar-refractivity contribution >= 4 is 5.82 Å². The Bertz CT molecular complexity index is 248. The first-order valence-corrected chi connectivity index (χ1v) is 3.64. The molecule has 0 fully saturated rings. The van der Waals surface area contributed by atoms with Crippen LogP contribution in [-0.4, -0.2) is 4.98 Å². The van der Waals surface area contributed by atoms with Crippen LogP contribution in [0.1, 0.15) is 18.9 Å². The van der Waals surface area contributed by atoms with Crippen LogP contribution < -0.4 is 5.73 Å². The van der Waals surface area contributed by atoms with Crippen molar-refractivity contribution in [2.24, 2.45) is 0 Å². The van der Waals surface area contributed by atoms with E-state index in [9.17, 15) is 4.39 Å². The molecule has 11 heavy (non-hydrogen) atoms. The maximum absolute atomic E-state index is 12.9. The Balaban J connectivity index is 2.90. The van der Waals surface area contributed by atoms with Gasteiger partial charge in [-0.05, 0) is 6.42 Å². The fourth-order valence-electron chi connectivity index (χ4n) is 0.927. The third-order valence-electron chi connectivity index (χ3n) is 1.47. The number of nitrogens with two attached hydrogens (primary N) is 1. The molecule has 0 amide bonds. The van der Waals surface area contributed by atoms with Gasteiger partial charge in [0.1, 0.15) is 11.6 Å². The van der Waals surface area contributed by atoms with E-state index in [2.05, 4.69) is 4.98 Å². The Kier molecular flexibility index (Phi) is 2.41. The molecule has 0 unspecified atom stereocenters. The fourth-order valence-corrected chi connectivity index (χ4v) is 0.927. The standard InChI is InChI=1S/C8H11FN2/c1-2-3-6-5-11-8(10)4-7(6)9/h4-5H,2-3H2,1H3,(H2,10,11). The molecule has 0 atom stereocenters. The molecule has 0 spiro atoms. The Morgan fingerprint density at radius 3 is 2.91 bits per heavy atom. The molecule has 0 radical (unpaired) electrons. The van der Waals surface area contributed by atoms with E-state index in [1.54, 1.807) is 0 Å². The number of aromatic nitrogens is 1. The minimum atomic E-state index is -0.251. The van der Waals surface area contributed by atoms with Crippen molar-refractivity contribution in [3.8, 4) is 0 Å². The van der Waals surface area contributed by atoms with Gasteiger partial charge in [-0.25, -0.2) is 9.37 Å². The molecule has 0 bridgehead atoms. The van der Waals surface area contributed by atoms with E-state index >= 15 is 0 Å². The molecular formula is C8H11FN2. The summed E-state index contributed by atoms with van der Waals surface area (Å²) in [5.74, 6) is -0.0123. The molecule has 0 aliphatic heterocycles. The van der Waals surface area contributed by atoms with E-state index in [4.69, 9.17) is 5.73 Å². The summed E-state index contributed by atoms with van der Waals surface area (Å²) in [4.78, 5) is 3.80. The largest absolute Gasteiger partial charge is 0.384 e. The van der Waals surface area contributed by atoms with Gasteiger partial charge in [0.2, 0.25) is 0 Å². The van der Waals surface area contributed by atoms with Gasteiger partial charge in [-0.2, -0.15) is 0 Å². The van der Waals surface area contributed by atoms with Crippen molar-refractivity contribution in [3.63, 3.8) is 0 Å². The van der Waals surface area contributed by atoms with E-state index in [1.807, 2.05) is 6.92 Å². The molecule has 0 saturated carbocycles. The summed E-state index contributed by atoms with van der Waals surface area (Å²) in [5, 5.41) is 0. The minimum absolute atomic E-state index is 0.238. The van der Waals surface area contributed by atoms with Gasteiger partial charge in [-0.1, -0.05) is 13.3 Å². The van der Waals surface area contributed by atoms with Gasteiger partial charge in [-0.15, -0.1) is 0 Å². The van der Waals surface area contributed by atoms with Crippen molar-refractivity contribution in [1.29, 1.82) is 0 Å². The maximum Gasteiger partial charge on any atom is 0.131 e. The molecule has 0 saturated heterocycles. The lowest BCUT2D eigenvalue weighted by molar-refractivity contribution is 0.605. The van der Waals surface area contributed by atoms with E-state index < -0.39 is 0 Å². The smallest absolute Gasteiger partial charge is 0.131 e. The van der Waals surface area contributed by atoms with Crippen LogP contribution in [0.3, 0.4) is 0 Å². The lowest BCUT2D eigenvalue weighted by Crippen LogP contribution is -1.95. The summed E-state index contributed by atoms with van der Waals surface area (Å²) in [6.45, 7) is 2.00. The van der Waals surface area contributed by atoms with E-state index in [1.165, 1.54) is 12.3 Å². The lowest BCUT2D eigenvalue weighted by Gasteiger charge is -1.99. The topological polar surface area (TPSA) is 38.9 Å². The van der Waals surface area contributed by atoms with E-state index in [0.717, 1.165) is 12.8 Å². The Labute approximate surface area is 65.3 Å². The van der Waals surface area contributed by atoms with Crippen LogP contribution in [0.5, 0.6) is 0 Å². The van der Waals surface area contributed by atoms with Gasteiger partial charge in [0, 0.05) is 17.8 Å². The number of halogens is 1. The third-order valence-corrected chi connectivity index (χ3v) is 1.47. The van der Waals surface area contributed by atoms with Crippen molar-refractivity contribution in [2.45, 2.75) is 19.8 Å². The number of nitrogen functional groups attached to an aromatic ring is 1. The highest BCUT2D eigenvalue weighted by atomic mass is 19.1. The Morgan fingerprint density at radius 1 is 1.64 bits per heavy atom. The highest BCUT2D eigenvalue weighted by molar-refractivity contribution is 5.30. The average molecular weight is 154 g/mol. The summed E-state index contributed by atoms with van der Waals surface area (Å²) < 4.78 is 12.9. The van der Waals surface area contributed by atoms with Crippen LogP contribution in [0.4, 0.5) is 10.2 Å². The zero-order valence-corrected chi connectivity index (χ0v) is 6.47. The molecule has 60 valence electrons. The molecule has 1 aromatic heterocycles. The number of hydrogen-bond donors (Lipinski definition) is 1. The van der Waals surface area contributed by atoms with Gasteiger partial charge in [0.25, 0.3) is 0 Å². The molecule has 3 heteroatoms. The predicted octanol–water partition coefficient (Wildman–Crippen LogP) is 1.76. The first-order valence-electron chi connectivity index (χ1n) is 3.64. The van der Waals surface area contributed by atoms with Crippen molar-refractivity contribution < 1.29 is 4.39 Å². The summed E-state index contributed by atoms with van der Waals surface area (Å²) in [7, 11) is 0. The van der Waals surface area contributed by atoms with Crippen LogP contribution in [0, 0.1) is 5.82 Å². The van der Waals surface area contributed by atoms with E-state index in [0.29, 0.717) is 5.56 Å². The predicted molar refractivity (Wildman–Crippen MR) is 42.6 cm³/mol. The summed E-state index contributed by atoms with van der Waals surface area (Å²) in [5.41, 5.74) is 5.91. The first kappa shape index (κ1) is 7.98. The number of hydrogen-bond acceptors (Lipinski definition) is 2. The van der Waals surface area contributed by atoms with Crippen molar-refractivity contribution in [1.82, 2.24) is 4.98 Å². The highest BCUT2D eigenvalue weighted by Gasteiger charge is 2.00. The molecule has 1 rings (SSSR count). The van der Waals surface area contributed by atoms with Crippen LogP contribution in [0.2, 0.25) is 0 Å². The summed E-state index contributed by atoms with van der Waals surface area (Å²) >= 11 is 0. The normalized spacial score (nSPS) is 10.0. The zero-order valence-electron chi connectivity index (χ0n) is 6.47. The van der Waals surface area contributed by atoms with Crippen LogP contribution in [0.15, 0.2) is 12.3 Å². The van der Waals surface area contributed by atoms with Crippen LogP contribution in [-0.2, 0) is 6.42 Å². The van der Waals surface area contributed by atoms with Crippen molar-refractivity contribution in [3.05, 3.63) is 23.6 Å². The van der Waals surface area contributed by atoms with Crippen molar-refractivity contribution in [2.75, 3.05) is 5.73 Å². The van der Waals surface area contributed by atoms with E-state index in [-0.39, 0.29) is 11.6 Å². The SMILES string of the molecule is CCCc1cnc(N)cc1F. The minimum Gasteiger partial charge on any atom is -0.384 e. The number of aryl methyl sites for hydroxylation is 1. The Hall–Kier alpha value is -1.12. The van der Waals surface area contributed by atoms with Gasteiger partial charge in [-0.3, -0.25) is 0 Å². The maximum atomic E-state index is 12.9. The average Bonchev–Trinajstić information content (AvgIpc) is 1.95. The molecule has 2 N–H and O–H groups in total. The van der Waals surface area contributed by atoms with Gasteiger partial charge < -0.3 is 5.73 Å². The molecule has 0 aliphatic rings. The quantitative estimate of drug-likeness (QED) is 0.704. The van der Waals surface area contributed by atoms with Gasteiger partial charge in [0.15, 0.2) is 0 Å². The number of rotatable bonds is 2. The summed E-state index contributed by atoms with van der Waals surface area (Å²) in [6.07, 6.45) is 3.13. The molecule has 0 aromatic carbocycles. The van der Waals surface area contributed by atoms with Crippen LogP contribution >= 0.6 is 0 Å². The second kappa shape index (κ2) is 3.32. The van der Waals surface area contributed by atoms with Crippen LogP contribution in [0.25, 0.3) is 0 Å². The second-order valence-electron chi connectivity index (χ2n) is 2.45. The zero-order chi connectivity index (χ0) is 8.27. The van der Waals surface area contributed by atoms with Gasteiger partial charge >= 0.3 is 0 Å². The monoisotopic (exact) mass is 154 g/mol. The number of pyridine rings is 1. The Morgan fingerprint density at radius 2 is 2.36 bits per heavy atom. The number of nitrogens with zero attached hydrogens (tertiary/aromatic N) is 1. The number of anilines is 1. The van der Waals surface area contributed by atoms with Gasteiger partial charge in [0.05, 0.1) is 0 Å². The highest BCUT2D eigenvalue weighted by Crippen LogP contribution is 2.10. The first-order chi connectivity index (χ1) is 5.24. The fraction of sp³-hybridized carbons (Fsp3) is 0.375. The molecular weight excluding hydrogens is 143 g/mol. The second-order valence-corrected chi connectivity index (χ2v) is 2.45.